The first-order valence-corrected chi connectivity index (χ1v) is 7.50. The van der Waals surface area contributed by atoms with Gasteiger partial charge in [-0.3, -0.25) is 9.59 Å². The number of amides is 3. The van der Waals surface area contributed by atoms with E-state index in [0.29, 0.717) is 16.9 Å². The van der Waals surface area contributed by atoms with Crippen LogP contribution in [0.2, 0.25) is 0 Å². The lowest BCUT2D eigenvalue weighted by Crippen LogP contribution is -2.43. The molecule has 6 nitrogen and oxygen atoms in total. The molecule has 0 saturated heterocycles. The zero-order chi connectivity index (χ0) is 17.5. The van der Waals surface area contributed by atoms with Crippen molar-refractivity contribution in [2.75, 3.05) is 10.6 Å². The van der Waals surface area contributed by atoms with E-state index in [1.807, 2.05) is 18.2 Å². The highest BCUT2D eigenvalue weighted by molar-refractivity contribution is 6.00. The summed E-state index contributed by atoms with van der Waals surface area (Å²) in [6, 6.07) is 14.3. The summed E-state index contributed by atoms with van der Waals surface area (Å²) < 4.78 is 0. The standard InChI is InChI=1S/C18H19N3O3/c1-12(17(23)20-15-8-4-3-5-9-15)19-18(24)21-16-10-6-7-14(11-16)13(2)22/h3-12H,1-2H3,(H,20,23)(H2,19,21,24)/t12-/m0/s1. The van der Waals surface area contributed by atoms with Gasteiger partial charge in [-0.1, -0.05) is 30.3 Å². The van der Waals surface area contributed by atoms with E-state index in [2.05, 4.69) is 16.0 Å². The van der Waals surface area contributed by atoms with Crippen molar-refractivity contribution in [1.82, 2.24) is 5.32 Å². The molecule has 0 aromatic heterocycles. The third-order valence-electron chi connectivity index (χ3n) is 3.31. The summed E-state index contributed by atoms with van der Waals surface area (Å²) in [4.78, 5) is 35.4. The zero-order valence-corrected chi connectivity index (χ0v) is 13.5. The van der Waals surface area contributed by atoms with Gasteiger partial charge in [-0.05, 0) is 38.1 Å². The molecule has 3 N–H and O–H groups in total. The maximum absolute atomic E-state index is 12.0. The topological polar surface area (TPSA) is 87.3 Å². The molecule has 3 amide bonds. The number of Topliss-reactive ketones (excluding diaryl/α,β-unsaturated/α-hetero) is 1. The first-order chi connectivity index (χ1) is 11.5. The molecule has 0 radical (unpaired) electrons. The first kappa shape index (κ1) is 17.2. The summed E-state index contributed by atoms with van der Waals surface area (Å²) in [7, 11) is 0. The Morgan fingerprint density at radius 3 is 2.21 bits per heavy atom. The van der Waals surface area contributed by atoms with Crippen molar-refractivity contribution >= 4 is 29.1 Å². The summed E-state index contributed by atoms with van der Waals surface area (Å²) in [5.74, 6) is -0.413. The van der Waals surface area contributed by atoms with Crippen LogP contribution < -0.4 is 16.0 Å². The second kappa shape index (κ2) is 7.92. The molecule has 0 saturated carbocycles. The van der Waals surface area contributed by atoms with Crippen LogP contribution in [0.1, 0.15) is 24.2 Å². The summed E-state index contributed by atoms with van der Waals surface area (Å²) in [6.07, 6.45) is 0. The van der Waals surface area contributed by atoms with Crippen LogP contribution in [0.15, 0.2) is 54.6 Å². The van der Waals surface area contributed by atoms with Crippen LogP contribution in [0.5, 0.6) is 0 Å². The van der Waals surface area contributed by atoms with E-state index >= 15 is 0 Å². The van der Waals surface area contributed by atoms with Gasteiger partial charge < -0.3 is 16.0 Å². The van der Waals surface area contributed by atoms with Crippen molar-refractivity contribution in [3.8, 4) is 0 Å². The van der Waals surface area contributed by atoms with Crippen LogP contribution in [0.3, 0.4) is 0 Å². The highest BCUT2D eigenvalue weighted by Crippen LogP contribution is 2.11. The maximum atomic E-state index is 12.0. The van der Waals surface area contributed by atoms with Gasteiger partial charge in [0.25, 0.3) is 0 Å². The molecule has 0 unspecified atom stereocenters. The Morgan fingerprint density at radius 1 is 0.875 bits per heavy atom. The minimum Gasteiger partial charge on any atom is -0.326 e. The molecule has 0 aliphatic carbocycles. The van der Waals surface area contributed by atoms with E-state index in [-0.39, 0.29) is 11.7 Å². The number of hydrogen-bond acceptors (Lipinski definition) is 3. The Labute approximate surface area is 140 Å². The van der Waals surface area contributed by atoms with Crippen LogP contribution in [0, 0.1) is 0 Å². The van der Waals surface area contributed by atoms with E-state index in [1.165, 1.54) is 6.92 Å². The summed E-state index contributed by atoms with van der Waals surface area (Å²) in [6.45, 7) is 3.04. The monoisotopic (exact) mass is 325 g/mol. The molecule has 2 rings (SSSR count). The molecule has 0 spiro atoms. The smallest absolute Gasteiger partial charge is 0.319 e. The third-order valence-corrected chi connectivity index (χ3v) is 3.31. The number of carbonyl (C=O) groups is 3. The highest BCUT2D eigenvalue weighted by atomic mass is 16.2. The fraction of sp³-hybridized carbons (Fsp3) is 0.167. The van der Waals surface area contributed by atoms with Gasteiger partial charge in [0, 0.05) is 16.9 Å². The van der Waals surface area contributed by atoms with Crippen LogP contribution in [-0.2, 0) is 4.79 Å². The molecule has 0 heterocycles. The normalized spacial score (nSPS) is 11.2. The van der Waals surface area contributed by atoms with E-state index in [1.54, 1.807) is 43.3 Å². The minimum atomic E-state index is -0.721. The zero-order valence-electron chi connectivity index (χ0n) is 13.5. The quantitative estimate of drug-likeness (QED) is 0.738. The number of nitrogens with one attached hydrogen (secondary N) is 3. The summed E-state index contributed by atoms with van der Waals surface area (Å²) in [5.41, 5.74) is 1.64. The lowest BCUT2D eigenvalue weighted by atomic mass is 10.1. The Kier molecular flexibility index (Phi) is 5.68. The number of urea groups is 1. The molecule has 2 aromatic rings. The van der Waals surface area contributed by atoms with Crippen molar-refractivity contribution < 1.29 is 14.4 Å². The fourth-order valence-corrected chi connectivity index (χ4v) is 2.02. The van der Waals surface area contributed by atoms with Gasteiger partial charge in [0.1, 0.15) is 6.04 Å². The van der Waals surface area contributed by atoms with Gasteiger partial charge in [0.15, 0.2) is 5.78 Å². The van der Waals surface area contributed by atoms with Crippen molar-refractivity contribution in [1.29, 1.82) is 0 Å². The molecule has 24 heavy (non-hydrogen) atoms. The number of hydrogen-bond donors (Lipinski definition) is 3. The van der Waals surface area contributed by atoms with Crippen molar-refractivity contribution in [2.45, 2.75) is 19.9 Å². The number of anilines is 2. The maximum Gasteiger partial charge on any atom is 0.319 e. The van der Waals surface area contributed by atoms with Crippen molar-refractivity contribution in [3.05, 3.63) is 60.2 Å². The lowest BCUT2D eigenvalue weighted by molar-refractivity contribution is -0.117. The molecule has 0 aliphatic heterocycles. The van der Waals surface area contributed by atoms with Crippen molar-refractivity contribution in [3.63, 3.8) is 0 Å². The highest BCUT2D eigenvalue weighted by Gasteiger charge is 2.15. The Balaban J connectivity index is 1.90. The van der Waals surface area contributed by atoms with Gasteiger partial charge >= 0.3 is 6.03 Å². The summed E-state index contributed by atoms with van der Waals surface area (Å²) in [5, 5.41) is 7.86. The number of carbonyl (C=O) groups excluding carboxylic acids is 3. The second-order valence-corrected chi connectivity index (χ2v) is 5.31. The van der Waals surface area contributed by atoms with Crippen LogP contribution >= 0.6 is 0 Å². The van der Waals surface area contributed by atoms with Gasteiger partial charge in [0.05, 0.1) is 0 Å². The summed E-state index contributed by atoms with van der Waals surface area (Å²) >= 11 is 0. The van der Waals surface area contributed by atoms with E-state index < -0.39 is 12.1 Å². The number of benzene rings is 2. The average molecular weight is 325 g/mol. The van der Waals surface area contributed by atoms with E-state index in [4.69, 9.17) is 0 Å². The van der Waals surface area contributed by atoms with Gasteiger partial charge in [-0.25, -0.2) is 4.79 Å². The van der Waals surface area contributed by atoms with Gasteiger partial charge in [-0.2, -0.15) is 0 Å². The Hall–Kier alpha value is -3.15. The molecule has 0 bridgehead atoms. The molecule has 0 fully saturated rings. The molecular formula is C18H19N3O3. The van der Waals surface area contributed by atoms with E-state index in [0.717, 1.165) is 0 Å². The van der Waals surface area contributed by atoms with Gasteiger partial charge in [-0.15, -0.1) is 0 Å². The number of rotatable bonds is 5. The Morgan fingerprint density at radius 2 is 1.54 bits per heavy atom. The van der Waals surface area contributed by atoms with E-state index in [9.17, 15) is 14.4 Å². The molecule has 124 valence electrons. The molecule has 1 atom stereocenters. The van der Waals surface area contributed by atoms with Gasteiger partial charge in [0.2, 0.25) is 5.91 Å². The van der Waals surface area contributed by atoms with Crippen LogP contribution in [0.4, 0.5) is 16.2 Å². The minimum absolute atomic E-state index is 0.0883. The predicted molar refractivity (Wildman–Crippen MR) is 93.1 cm³/mol. The largest absolute Gasteiger partial charge is 0.326 e. The number of ketones is 1. The second-order valence-electron chi connectivity index (χ2n) is 5.31. The molecule has 6 heteroatoms. The lowest BCUT2D eigenvalue weighted by Gasteiger charge is -2.15. The number of para-hydroxylation sites is 1. The SMILES string of the molecule is CC(=O)c1cccc(NC(=O)N[C@@H](C)C(=O)Nc2ccccc2)c1. The molecule has 0 aliphatic rings. The molecular weight excluding hydrogens is 306 g/mol. The van der Waals surface area contributed by atoms with Crippen LogP contribution in [0.25, 0.3) is 0 Å². The third kappa shape index (κ3) is 4.95. The molecule has 2 aromatic carbocycles. The van der Waals surface area contributed by atoms with Crippen LogP contribution in [-0.4, -0.2) is 23.8 Å². The van der Waals surface area contributed by atoms with Crippen molar-refractivity contribution in [2.24, 2.45) is 0 Å². The first-order valence-electron chi connectivity index (χ1n) is 7.50. The fourth-order valence-electron chi connectivity index (χ4n) is 2.02. The Bertz CT molecular complexity index is 744. The predicted octanol–water partition coefficient (Wildman–Crippen LogP) is 3.04. The average Bonchev–Trinajstić information content (AvgIpc) is 2.55.